The molecule has 6 heteroatoms. The molecule has 4 nitrogen and oxygen atoms in total. The highest BCUT2D eigenvalue weighted by Gasteiger charge is 2.27. The normalized spacial score (nSPS) is 18.3. The third-order valence-electron chi connectivity index (χ3n) is 4.99. The first-order chi connectivity index (χ1) is 13.3. The van der Waals surface area contributed by atoms with Gasteiger partial charge >= 0.3 is 0 Å². The van der Waals surface area contributed by atoms with Crippen LogP contribution in [-0.2, 0) is 16.0 Å². The molecule has 1 aromatic carbocycles. The fourth-order valence-electron chi connectivity index (χ4n) is 3.33. The molecule has 0 aromatic heterocycles. The number of amides is 1. The molecule has 154 valence electrons. The number of unbranched alkanes of at least 4 members (excludes halogenated alkanes) is 5. The van der Waals surface area contributed by atoms with Gasteiger partial charge in [0.25, 0.3) is 5.91 Å². The molecular weight excluding hydrogens is 436 g/mol. The van der Waals surface area contributed by atoms with E-state index in [9.17, 15) is 4.79 Å². The lowest BCUT2D eigenvalue weighted by atomic mass is 10.0. The van der Waals surface area contributed by atoms with E-state index < -0.39 is 0 Å². The van der Waals surface area contributed by atoms with Crippen molar-refractivity contribution in [1.82, 2.24) is 4.90 Å². The third-order valence-corrected chi connectivity index (χ3v) is 6.03. The number of hydrogen-bond donors (Lipinski definition) is 0. The Hall–Kier alpha value is -1.11. The Morgan fingerprint density at radius 3 is 2.46 bits per heavy atom. The zero-order chi connectivity index (χ0) is 18.9. The first-order valence-corrected chi connectivity index (χ1v) is 11.0. The van der Waals surface area contributed by atoms with E-state index in [-0.39, 0.29) is 22.9 Å². The molecule has 1 aromatic rings. The zero-order valence-electron chi connectivity index (χ0n) is 16.7. The molecule has 0 aliphatic carbocycles. The van der Waals surface area contributed by atoms with Gasteiger partial charge in [0, 0.05) is 13.1 Å². The number of morpholine rings is 1. The first kappa shape index (κ1) is 23.2. The number of carbonyl (C=O) groups excluding carboxylic acids is 1. The van der Waals surface area contributed by atoms with Crippen molar-refractivity contribution in [3.8, 4) is 0 Å². The van der Waals surface area contributed by atoms with Crippen molar-refractivity contribution in [1.29, 1.82) is 0 Å². The molecule has 1 fully saturated rings. The summed E-state index contributed by atoms with van der Waals surface area (Å²) in [4.78, 5) is 19.3. The SMILES string of the molecule is Br.CCCCCCCCc1ccc(C=C2SC(N3CCOCC3)=NC2=O)cc1. The number of rotatable bonds is 8. The summed E-state index contributed by atoms with van der Waals surface area (Å²) < 4.78 is 5.37. The number of benzene rings is 1. The number of nitrogens with zero attached hydrogens (tertiary/aromatic N) is 2. The van der Waals surface area contributed by atoms with Crippen LogP contribution in [-0.4, -0.2) is 42.3 Å². The van der Waals surface area contributed by atoms with Gasteiger partial charge in [-0.15, -0.1) is 17.0 Å². The molecule has 3 rings (SSSR count). The zero-order valence-corrected chi connectivity index (χ0v) is 19.2. The molecule has 0 bridgehead atoms. The van der Waals surface area contributed by atoms with Gasteiger partial charge in [-0.25, -0.2) is 0 Å². The van der Waals surface area contributed by atoms with Crippen molar-refractivity contribution < 1.29 is 9.53 Å². The van der Waals surface area contributed by atoms with Gasteiger partial charge in [0.05, 0.1) is 18.1 Å². The number of thioether (sulfide) groups is 1. The minimum atomic E-state index is -0.127. The molecule has 1 amide bonds. The van der Waals surface area contributed by atoms with Crippen molar-refractivity contribution in [2.45, 2.75) is 51.9 Å². The largest absolute Gasteiger partial charge is 0.378 e. The Balaban J connectivity index is 0.00000280. The Labute approximate surface area is 183 Å². The molecule has 2 aliphatic rings. The maximum atomic E-state index is 12.2. The van der Waals surface area contributed by atoms with E-state index in [1.54, 1.807) is 0 Å². The number of hydrogen-bond acceptors (Lipinski definition) is 4. The molecule has 0 unspecified atom stereocenters. The highest BCUT2D eigenvalue weighted by atomic mass is 79.9. The highest BCUT2D eigenvalue weighted by Crippen LogP contribution is 2.30. The van der Waals surface area contributed by atoms with E-state index in [0.717, 1.165) is 30.2 Å². The number of aliphatic imine (C=N–C) groups is 1. The van der Waals surface area contributed by atoms with Crippen molar-refractivity contribution in [3.63, 3.8) is 0 Å². The van der Waals surface area contributed by atoms with Gasteiger partial charge in [-0.05, 0) is 41.8 Å². The summed E-state index contributed by atoms with van der Waals surface area (Å²) in [5, 5.41) is 0.814. The fourth-order valence-corrected chi connectivity index (χ4v) is 4.29. The molecule has 2 aliphatic heterocycles. The quantitative estimate of drug-likeness (QED) is 0.376. The van der Waals surface area contributed by atoms with Gasteiger partial charge < -0.3 is 9.64 Å². The third kappa shape index (κ3) is 7.05. The summed E-state index contributed by atoms with van der Waals surface area (Å²) in [5.74, 6) is -0.127. The molecule has 0 saturated carbocycles. The van der Waals surface area contributed by atoms with Crippen LogP contribution in [0.15, 0.2) is 34.2 Å². The average molecular weight is 467 g/mol. The Bertz CT molecular complexity index is 682. The number of carbonyl (C=O) groups is 1. The second-order valence-electron chi connectivity index (χ2n) is 7.17. The van der Waals surface area contributed by atoms with E-state index in [4.69, 9.17) is 4.74 Å². The summed E-state index contributed by atoms with van der Waals surface area (Å²) in [5.41, 5.74) is 2.44. The first-order valence-electron chi connectivity index (χ1n) is 10.2. The molecular formula is C22H31BrN2O2S. The molecule has 0 radical (unpaired) electrons. The predicted molar refractivity (Wildman–Crippen MR) is 124 cm³/mol. The van der Waals surface area contributed by atoms with Gasteiger partial charge in [0.1, 0.15) is 0 Å². The minimum absolute atomic E-state index is 0. The van der Waals surface area contributed by atoms with Gasteiger partial charge in [-0.3, -0.25) is 4.79 Å². The topological polar surface area (TPSA) is 41.9 Å². The lowest BCUT2D eigenvalue weighted by molar-refractivity contribution is -0.113. The Kier molecular flexibility index (Phi) is 10.3. The fraction of sp³-hybridized carbons (Fsp3) is 0.545. The van der Waals surface area contributed by atoms with E-state index in [1.807, 2.05) is 6.08 Å². The van der Waals surface area contributed by atoms with Gasteiger partial charge in [-0.1, -0.05) is 63.3 Å². The Morgan fingerprint density at radius 2 is 1.75 bits per heavy atom. The van der Waals surface area contributed by atoms with Gasteiger partial charge in [0.15, 0.2) is 5.17 Å². The van der Waals surface area contributed by atoms with Crippen molar-refractivity contribution in [3.05, 3.63) is 40.3 Å². The van der Waals surface area contributed by atoms with E-state index >= 15 is 0 Å². The molecule has 0 N–H and O–H groups in total. The second kappa shape index (κ2) is 12.5. The number of aryl methyl sites for hydroxylation is 1. The number of ether oxygens (including phenoxy) is 1. The summed E-state index contributed by atoms with van der Waals surface area (Å²) in [6.45, 7) is 5.27. The number of halogens is 1. The predicted octanol–water partition coefficient (Wildman–Crippen LogP) is 5.47. The Morgan fingerprint density at radius 1 is 1.07 bits per heavy atom. The van der Waals surface area contributed by atoms with E-state index in [0.29, 0.717) is 18.1 Å². The lowest BCUT2D eigenvalue weighted by Crippen LogP contribution is -2.38. The van der Waals surface area contributed by atoms with Gasteiger partial charge in [-0.2, -0.15) is 4.99 Å². The summed E-state index contributed by atoms with van der Waals surface area (Å²) >= 11 is 1.48. The van der Waals surface area contributed by atoms with Crippen molar-refractivity contribution in [2.75, 3.05) is 26.3 Å². The van der Waals surface area contributed by atoms with Crippen LogP contribution in [0.1, 0.15) is 56.6 Å². The van der Waals surface area contributed by atoms with Crippen LogP contribution in [0.25, 0.3) is 6.08 Å². The lowest BCUT2D eigenvalue weighted by Gasteiger charge is -2.27. The molecule has 2 heterocycles. The van der Waals surface area contributed by atoms with E-state index in [2.05, 4.69) is 41.1 Å². The molecule has 0 spiro atoms. The van der Waals surface area contributed by atoms with Crippen molar-refractivity contribution in [2.24, 2.45) is 4.99 Å². The molecule has 0 atom stereocenters. The number of amidine groups is 1. The monoisotopic (exact) mass is 466 g/mol. The van der Waals surface area contributed by atoms with Crippen LogP contribution in [0.3, 0.4) is 0 Å². The highest BCUT2D eigenvalue weighted by molar-refractivity contribution is 8.93. The standard InChI is InChI=1S/C22H30N2O2S.BrH/c1-2-3-4-5-6-7-8-18-9-11-19(12-10-18)17-20-21(25)23-22(27-20)24-13-15-26-16-14-24;/h9-12,17H,2-8,13-16H2,1H3;1H. The van der Waals surface area contributed by atoms with Crippen LogP contribution in [0.5, 0.6) is 0 Å². The van der Waals surface area contributed by atoms with E-state index in [1.165, 1.54) is 55.9 Å². The van der Waals surface area contributed by atoms with Crippen molar-refractivity contribution >= 4 is 45.9 Å². The van der Waals surface area contributed by atoms with Gasteiger partial charge in [0.2, 0.25) is 0 Å². The maximum Gasteiger partial charge on any atom is 0.286 e. The molecule has 1 saturated heterocycles. The minimum Gasteiger partial charge on any atom is -0.378 e. The molecule has 28 heavy (non-hydrogen) atoms. The summed E-state index contributed by atoms with van der Waals surface area (Å²) in [7, 11) is 0. The summed E-state index contributed by atoms with van der Waals surface area (Å²) in [6.07, 6.45) is 11.0. The second-order valence-corrected chi connectivity index (χ2v) is 8.18. The van der Waals surface area contributed by atoms with Crippen LogP contribution in [0, 0.1) is 0 Å². The van der Waals surface area contributed by atoms with Crippen LogP contribution in [0.2, 0.25) is 0 Å². The smallest absolute Gasteiger partial charge is 0.286 e. The summed E-state index contributed by atoms with van der Waals surface area (Å²) in [6, 6.07) is 8.60. The average Bonchev–Trinajstić information content (AvgIpc) is 3.07. The maximum absolute atomic E-state index is 12.2. The van der Waals surface area contributed by atoms with Crippen LogP contribution < -0.4 is 0 Å². The van der Waals surface area contributed by atoms with Crippen LogP contribution in [0.4, 0.5) is 0 Å². The van der Waals surface area contributed by atoms with Crippen LogP contribution >= 0.6 is 28.7 Å².